The van der Waals surface area contributed by atoms with Crippen molar-refractivity contribution in [3.8, 4) is 5.75 Å². The lowest BCUT2D eigenvalue weighted by Gasteiger charge is -2.12. The first-order valence-electron chi connectivity index (χ1n) is 5.34. The average molecular weight is 372 g/mol. The maximum Gasteiger partial charge on any atom is 0.145 e. The Kier molecular flexibility index (Phi) is 4.24. The predicted octanol–water partition coefficient (Wildman–Crippen LogP) is 4.08. The molecule has 0 aliphatic rings. The van der Waals surface area contributed by atoms with Gasteiger partial charge in [-0.2, -0.15) is 0 Å². The SMILES string of the molecule is Cc1cc(Br)cc(N)c1OCc1cncc(Br)c1. The molecular formula is C13H12Br2N2O. The van der Waals surface area contributed by atoms with E-state index >= 15 is 0 Å². The number of halogens is 2. The summed E-state index contributed by atoms with van der Waals surface area (Å²) < 4.78 is 7.64. The lowest BCUT2D eigenvalue weighted by Crippen LogP contribution is -2.01. The van der Waals surface area contributed by atoms with Crippen LogP contribution in [0, 0.1) is 6.92 Å². The Morgan fingerprint density at radius 3 is 2.61 bits per heavy atom. The Labute approximate surface area is 123 Å². The van der Waals surface area contributed by atoms with E-state index in [4.69, 9.17) is 10.5 Å². The third kappa shape index (κ3) is 3.23. The van der Waals surface area contributed by atoms with Crippen molar-refractivity contribution < 1.29 is 4.74 Å². The van der Waals surface area contributed by atoms with E-state index in [-0.39, 0.29) is 0 Å². The lowest BCUT2D eigenvalue weighted by atomic mass is 10.2. The normalized spacial score (nSPS) is 10.4. The van der Waals surface area contributed by atoms with Gasteiger partial charge in [-0.15, -0.1) is 0 Å². The number of ether oxygens (including phenoxy) is 1. The maximum atomic E-state index is 5.94. The Balaban J connectivity index is 2.16. The number of anilines is 1. The van der Waals surface area contributed by atoms with Crippen molar-refractivity contribution in [1.29, 1.82) is 0 Å². The maximum absolute atomic E-state index is 5.94. The molecule has 0 aliphatic heterocycles. The summed E-state index contributed by atoms with van der Waals surface area (Å²) in [5.74, 6) is 0.721. The first-order valence-corrected chi connectivity index (χ1v) is 6.92. The summed E-state index contributed by atoms with van der Waals surface area (Å²) in [6.45, 7) is 2.41. The summed E-state index contributed by atoms with van der Waals surface area (Å²) in [5.41, 5.74) is 8.56. The van der Waals surface area contributed by atoms with Gasteiger partial charge in [0.25, 0.3) is 0 Å². The minimum atomic E-state index is 0.444. The zero-order valence-corrected chi connectivity index (χ0v) is 13.0. The van der Waals surface area contributed by atoms with E-state index in [0.717, 1.165) is 25.8 Å². The van der Waals surface area contributed by atoms with Gasteiger partial charge < -0.3 is 10.5 Å². The number of hydrogen-bond acceptors (Lipinski definition) is 3. The van der Waals surface area contributed by atoms with Crippen molar-refractivity contribution in [2.45, 2.75) is 13.5 Å². The minimum absolute atomic E-state index is 0.444. The first-order chi connectivity index (χ1) is 8.56. The minimum Gasteiger partial charge on any atom is -0.486 e. The molecule has 94 valence electrons. The molecule has 2 aromatic rings. The third-order valence-corrected chi connectivity index (χ3v) is 3.30. The average Bonchev–Trinajstić information content (AvgIpc) is 2.27. The van der Waals surface area contributed by atoms with Crippen LogP contribution in [-0.4, -0.2) is 4.98 Å². The van der Waals surface area contributed by atoms with E-state index < -0.39 is 0 Å². The van der Waals surface area contributed by atoms with Gasteiger partial charge >= 0.3 is 0 Å². The van der Waals surface area contributed by atoms with Crippen molar-refractivity contribution in [1.82, 2.24) is 4.98 Å². The molecular weight excluding hydrogens is 360 g/mol. The zero-order valence-electron chi connectivity index (χ0n) is 9.78. The lowest BCUT2D eigenvalue weighted by molar-refractivity contribution is 0.305. The van der Waals surface area contributed by atoms with E-state index in [2.05, 4.69) is 36.8 Å². The van der Waals surface area contributed by atoms with Gasteiger partial charge in [-0.25, -0.2) is 0 Å². The number of nitrogens with two attached hydrogens (primary N) is 1. The largest absolute Gasteiger partial charge is 0.486 e. The molecule has 0 amide bonds. The number of benzene rings is 1. The van der Waals surface area contributed by atoms with Crippen molar-refractivity contribution in [3.05, 3.63) is 50.7 Å². The number of nitrogens with zero attached hydrogens (tertiary/aromatic N) is 1. The highest BCUT2D eigenvalue weighted by Crippen LogP contribution is 2.30. The molecule has 1 aromatic carbocycles. The van der Waals surface area contributed by atoms with Gasteiger partial charge in [-0.05, 0) is 46.6 Å². The highest BCUT2D eigenvalue weighted by Gasteiger charge is 2.07. The molecule has 0 atom stereocenters. The van der Waals surface area contributed by atoms with Crippen LogP contribution in [-0.2, 0) is 6.61 Å². The van der Waals surface area contributed by atoms with Gasteiger partial charge in [0.1, 0.15) is 12.4 Å². The topological polar surface area (TPSA) is 48.1 Å². The van der Waals surface area contributed by atoms with Gasteiger partial charge in [0.2, 0.25) is 0 Å². The molecule has 2 N–H and O–H groups in total. The third-order valence-electron chi connectivity index (χ3n) is 2.41. The van der Waals surface area contributed by atoms with Crippen LogP contribution < -0.4 is 10.5 Å². The smallest absolute Gasteiger partial charge is 0.145 e. The van der Waals surface area contributed by atoms with Crippen LogP contribution in [0.5, 0.6) is 5.75 Å². The predicted molar refractivity (Wildman–Crippen MR) is 79.6 cm³/mol. The standard InChI is InChI=1S/C13H12Br2N2O/c1-8-2-10(14)4-12(16)13(8)18-7-9-3-11(15)6-17-5-9/h2-6H,7,16H2,1H3. The van der Waals surface area contributed by atoms with Crippen LogP contribution >= 0.6 is 31.9 Å². The Morgan fingerprint density at radius 1 is 1.17 bits per heavy atom. The second kappa shape index (κ2) is 5.71. The second-order valence-electron chi connectivity index (χ2n) is 3.94. The molecule has 0 saturated heterocycles. The molecule has 0 radical (unpaired) electrons. The van der Waals surface area contributed by atoms with E-state index in [9.17, 15) is 0 Å². The van der Waals surface area contributed by atoms with Crippen LogP contribution in [0.2, 0.25) is 0 Å². The zero-order chi connectivity index (χ0) is 13.1. The number of nitrogen functional groups attached to an aromatic ring is 1. The molecule has 5 heteroatoms. The van der Waals surface area contributed by atoms with Crippen LogP contribution in [0.25, 0.3) is 0 Å². The van der Waals surface area contributed by atoms with Crippen LogP contribution in [0.1, 0.15) is 11.1 Å². The van der Waals surface area contributed by atoms with Crippen LogP contribution in [0.3, 0.4) is 0 Å². The van der Waals surface area contributed by atoms with E-state index in [1.807, 2.05) is 25.1 Å². The van der Waals surface area contributed by atoms with Gasteiger partial charge in [-0.1, -0.05) is 15.9 Å². The monoisotopic (exact) mass is 370 g/mol. The van der Waals surface area contributed by atoms with Crippen LogP contribution in [0.4, 0.5) is 5.69 Å². The summed E-state index contributed by atoms with van der Waals surface area (Å²) in [6.07, 6.45) is 3.51. The molecule has 1 aromatic heterocycles. The summed E-state index contributed by atoms with van der Waals surface area (Å²) >= 11 is 6.78. The molecule has 0 unspecified atom stereocenters. The van der Waals surface area contributed by atoms with Gasteiger partial charge in [-0.3, -0.25) is 4.98 Å². The fraction of sp³-hybridized carbons (Fsp3) is 0.154. The van der Waals surface area contributed by atoms with Gasteiger partial charge in [0.15, 0.2) is 0 Å². The van der Waals surface area contributed by atoms with Crippen molar-refractivity contribution in [2.24, 2.45) is 0 Å². The summed E-state index contributed by atoms with van der Waals surface area (Å²) in [7, 11) is 0. The second-order valence-corrected chi connectivity index (χ2v) is 5.77. The molecule has 2 rings (SSSR count). The number of hydrogen-bond donors (Lipinski definition) is 1. The summed E-state index contributed by atoms with van der Waals surface area (Å²) in [6, 6.07) is 5.78. The Hall–Kier alpha value is -1.07. The number of rotatable bonds is 3. The van der Waals surface area contributed by atoms with Crippen LogP contribution in [0.15, 0.2) is 39.5 Å². The van der Waals surface area contributed by atoms with E-state index in [1.165, 1.54) is 0 Å². The molecule has 0 spiro atoms. The number of pyridine rings is 1. The molecule has 3 nitrogen and oxygen atoms in total. The van der Waals surface area contributed by atoms with E-state index in [0.29, 0.717) is 12.3 Å². The fourth-order valence-corrected chi connectivity index (χ4v) is 2.65. The first kappa shape index (κ1) is 13.4. The molecule has 18 heavy (non-hydrogen) atoms. The quantitative estimate of drug-likeness (QED) is 0.827. The fourth-order valence-electron chi connectivity index (χ4n) is 1.64. The molecule has 0 fully saturated rings. The number of aromatic nitrogens is 1. The highest BCUT2D eigenvalue weighted by atomic mass is 79.9. The van der Waals surface area contributed by atoms with Crippen molar-refractivity contribution in [3.63, 3.8) is 0 Å². The van der Waals surface area contributed by atoms with Crippen molar-refractivity contribution in [2.75, 3.05) is 5.73 Å². The molecule has 1 heterocycles. The molecule has 0 saturated carbocycles. The molecule has 0 aliphatic carbocycles. The van der Waals surface area contributed by atoms with Gasteiger partial charge in [0.05, 0.1) is 5.69 Å². The van der Waals surface area contributed by atoms with Crippen molar-refractivity contribution >= 4 is 37.5 Å². The highest BCUT2D eigenvalue weighted by molar-refractivity contribution is 9.10. The summed E-state index contributed by atoms with van der Waals surface area (Å²) in [5, 5.41) is 0. The Morgan fingerprint density at radius 2 is 1.94 bits per heavy atom. The molecule has 0 bridgehead atoms. The summed E-state index contributed by atoms with van der Waals surface area (Å²) in [4.78, 5) is 4.09. The van der Waals surface area contributed by atoms with E-state index in [1.54, 1.807) is 12.4 Å². The Bertz CT molecular complexity index is 550. The van der Waals surface area contributed by atoms with Gasteiger partial charge in [0, 0.05) is 26.9 Å². The number of aryl methyl sites for hydroxylation is 1.